The fourth-order valence-electron chi connectivity index (χ4n) is 1.99. The molecule has 21 heavy (non-hydrogen) atoms. The standard InChI is InChI=1S/C15H9Cl2NO3/c16-10-7-21-14(13(10)17)12-6-5-11(18-12)8-1-3-9(4-2-8)15(19)20/h1-7,18H,(H,19,20). The summed E-state index contributed by atoms with van der Waals surface area (Å²) in [5, 5.41) is 9.59. The van der Waals surface area contributed by atoms with Crippen LogP contribution in [0.25, 0.3) is 22.7 Å². The minimum absolute atomic E-state index is 0.242. The molecule has 0 unspecified atom stereocenters. The lowest BCUT2D eigenvalue weighted by Crippen LogP contribution is -1.94. The summed E-state index contributed by atoms with van der Waals surface area (Å²) in [6.45, 7) is 0. The van der Waals surface area contributed by atoms with E-state index in [9.17, 15) is 4.79 Å². The highest BCUT2D eigenvalue weighted by Gasteiger charge is 2.14. The zero-order valence-corrected chi connectivity index (χ0v) is 12.1. The molecule has 2 N–H and O–H groups in total. The van der Waals surface area contributed by atoms with Crippen LogP contribution in [0.3, 0.4) is 0 Å². The molecule has 2 aromatic heterocycles. The van der Waals surface area contributed by atoms with E-state index in [-0.39, 0.29) is 5.56 Å². The highest BCUT2D eigenvalue weighted by molar-refractivity contribution is 6.43. The molecule has 4 nitrogen and oxygen atoms in total. The van der Waals surface area contributed by atoms with E-state index in [0.29, 0.717) is 21.5 Å². The number of furan rings is 1. The Morgan fingerprint density at radius 1 is 1.05 bits per heavy atom. The Bertz CT molecular complexity index is 803. The number of rotatable bonds is 3. The number of carboxylic acids is 1. The molecule has 106 valence electrons. The molecule has 2 heterocycles. The Morgan fingerprint density at radius 3 is 2.29 bits per heavy atom. The number of aromatic nitrogens is 1. The van der Waals surface area contributed by atoms with Gasteiger partial charge in [0.05, 0.1) is 16.3 Å². The van der Waals surface area contributed by atoms with Crippen molar-refractivity contribution in [2.45, 2.75) is 0 Å². The third-order valence-electron chi connectivity index (χ3n) is 3.06. The molecule has 0 bridgehead atoms. The van der Waals surface area contributed by atoms with Gasteiger partial charge in [-0.15, -0.1) is 0 Å². The van der Waals surface area contributed by atoms with Crippen LogP contribution in [-0.2, 0) is 0 Å². The molecule has 0 atom stereocenters. The fraction of sp³-hybridized carbons (Fsp3) is 0. The second-order valence-electron chi connectivity index (χ2n) is 4.39. The van der Waals surface area contributed by atoms with E-state index in [1.165, 1.54) is 6.26 Å². The van der Waals surface area contributed by atoms with Crippen molar-refractivity contribution in [3.05, 3.63) is 58.3 Å². The number of hydrogen-bond donors (Lipinski definition) is 2. The Morgan fingerprint density at radius 2 is 1.71 bits per heavy atom. The van der Waals surface area contributed by atoms with E-state index < -0.39 is 5.97 Å². The highest BCUT2D eigenvalue weighted by atomic mass is 35.5. The summed E-state index contributed by atoms with van der Waals surface area (Å²) >= 11 is 11.9. The minimum Gasteiger partial charge on any atom is -0.478 e. The Labute approximate surface area is 129 Å². The number of H-pyrrole nitrogens is 1. The maximum atomic E-state index is 10.8. The summed E-state index contributed by atoms with van der Waals surface area (Å²) in [7, 11) is 0. The number of aromatic carboxylic acids is 1. The Kier molecular flexibility index (Phi) is 3.49. The molecule has 0 spiro atoms. The van der Waals surface area contributed by atoms with Gasteiger partial charge in [0.25, 0.3) is 0 Å². The first-order valence-corrected chi connectivity index (χ1v) is 6.77. The normalized spacial score (nSPS) is 10.8. The van der Waals surface area contributed by atoms with Gasteiger partial charge >= 0.3 is 5.97 Å². The first-order valence-electron chi connectivity index (χ1n) is 6.02. The molecule has 0 aliphatic rings. The van der Waals surface area contributed by atoms with Crippen LogP contribution in [0.1, 0.15) is 10.4 Å². The van der Waals surface area contributed by atoms with E-state index in [4.69, 9.17) is 32.7 Å². The van der Waals surface area contributed by atoms with E-state index in [0.717, 1.165) is 11.3 Å². The quantitative estimate of drug-likeness (QED) is 0.717. The van der Waals surface area contributed by atoms with E-state index in [1.807, 2.05) is 12.1 Å². The molecule has 0 aliphatic carbocycles. The van der Waals surface area contributed by atoms with Crippen LogP contribution in [0.5, 0.6) is 0 Å². The maximum absolute atomic E-state index is 10.8. The molecule has 6 heteroatoms. The van der Waals surface area contributed by atoms with Crippen molar-refractivity contribution in [3.8, 4) is 22.7 Å². The van der Waals surface area contributed by atoms with Gasteiger partial charge in [-0.2, -0.15) is 0 Å². The van der Waals surface area contributed by atoms with Gasteiger partial charge < -0.3 is 14.5 Å². The van der Waals surface area contributed by atoms with Gasteiger partial charge in [0, 0.05) is 5.69 Å². The van der Waals surface area contributed by atoms with Crippen molar-refractivity contribution in [1.82, 2.24) is 4.98 Å². The van der Waals surface area contributed by atoms with Crippen LogP contribution in [0, 0.1) is 0 Å². The van der Waals surface area contributed by atoms with Crippen LogP contribution < -0.4 is 0 Å². The molecule has 1 aromatic carbocycles. The molecule has 0 saturated heterocycles. The van der Waals surface area contributed by atoms with Gasteiger partial charge in [-0.1, -0.05) is 35.3 Å². The van der Waals surface area contributed by atoms with Gasteiger partial charge in [0.2, 0.25) is 0 Å². The van der Waals surface area contributed by atoms with Crippen molar-refractivity contribution in [2.24, 2.45) is 0 Å². The largest absolute Gasteiger partial charge is 0.478 e. The van der Waals surface area contributed by atoms with Gasteiger partial charge in [0.15, 0.2) is 5.76 Å². The Balaban J connectivity index is 1.94. The van der Waals surface area contributed by atoms with Crippen LogP contribution in [0.15, 0.2) is 47.1 Å². The van der Waals surface area contributed by atoms with Crippen molar-refractivity contribution in [3.63, 3.8) is 0 Å². The van der Waals surface area contributed by atoms with Crippen LogP contribution in [0.4, 0.5) is 0 Å². The predicted octanol–water partition coefficient (Wildman–Crippen LogP) is 4.95. The number of benzene rings is 1. The highest BCUT2D eigenvalue weighted by Crippen LogP contribution is 2.35. The molecule has 0 amide bonds. The smallest absolute Gasteiger partial charge is 0.335 e. The van der Waals surface area contributed by atoms with Crippen LogP contribution in [-0.4, -0.2) is 16.1 Å². The third kappa shape index (κ3) is 2.55. The summed E-state index contributed by atoms with van der Waals surface area (Å²) < 4.78 is 5.31. The van der Waals surface area contributed by atoms with Crippen molar-refractivity contribution in [1.29, 1.82) is 0 Å². The summed E-state index contributed by atoms with van der Waals surface area (Å²) in [6, 6.07) is 10.2. The zero-order valence-electron chi connectivity index (χ0n) is 10.6. The number of hydrogen-bond acceptors (Lipinski definition) is 2. The van der Waals surface area contributed by atoms with Crippen molar-refractivity contribution < 1.29 is 14.3 Å². The first kappa shape index (κ1) is 13.8. The van der Waals surface area contributed by atoms with Crippen molar-refractivity contribution >= 4 is 29.2 Å². The van der Waals surface area contributed by atoms with Gasteiger partial charge in [-0.05, 0) is 29.8 Å². The monoisotopic (exact) mass is 321 g/mol. The lowest BCUT2D eigenvalue weighted by atomic mass is 10.1. The third-order valence-corrected chi connectivity index (χ3v) is 3.81. The van der Waals surface area contributed by atoms with Gasteiger partial charge in [-0.3, -0.25) is 0 Å². The Hall–Kier alpha value is -2.17. The topological polar surface area (TPSA) is 66.2 Å². The second-order valence-corrected chi connectivity index (χ2v) is 5.18. The molecule has 0 saturated carbocycles. The lowest BCUT2D eigenvalue weighted by Gasteiger charge is -2.00. The van der Waals surface area contributed by atoms with E-state index in [1.54, 1.807) is 24.3 Å². The number of aromatic amines is 1. The lowest BCUT2D eigenvalue weighted by molar-refractivity contribution is 0.0697. The summed E-state index contributed by atoms with van der Waals surface area (Å²) in [6.07, 6.45) is 1.38. The average molecular weight is 322 g/mol. The maximum Gasteiger partial charge on any atom is 0.335 e. The molecule has 0 radical (unpaired) electrons. The summed E-state index contributed by atoms with van der Waals surface area (Å²) in [5.41, 5.74) is 2.63. The molecule has 0 aliphatic heterocycles. The molecular weight excluding hydrogens is 313 g/mol. The molecule has 3 rings (SSSR count). The van der Waals surface area contributed by atoms with Gasteiger partial charge in [0.1, 0.15) is 11.3 Å². The fourth-order valence-corrected chi connectivity index (χ4v) is 2.31. The zero-order chi connectivity index (χ0) is 15.0. The SMILES string of the molecule is O=C(O)c1ccc(-c2ccc(-c3occ(Cl)c3Cl)[nH]2)cc1. The predicted molar refractivity (Wildman–Crippen MR) is 80.9 cm³/mol. The second kappa shape index (κ2) is 5.31. The van der Waals surface area contributed by atoms with Crippen LogP contribution in [0.2, 0.25) is 10.0 Å². The number of carbonyl (C=O) groups is 1. The average Bonchev–Trinajstić information content (AvgIpc) is 3.07. The first-order chi connectivity index (χ1) is 10.1. The number of nitrogens with one attached hydrogen (secondary N) is 1. The molecular formula is C15H9Cl2NO3. The summed E-state index contributed by atoms with van der Waals surface area (Å²) in [4.78, 5) is 14.0. The summed E-state index contributed by atoms with van der Waals surface area (Å²) in [5.74, 6) is -0.485. The minimum atomic E-state index is -0.953. The van der Waals surface area contributed by atoms with E-state index in [2.05, 4.69) is 4.98 Å². The van der Waals surface area contributed by atoms with Crippen LogP contribution >= 0.6 is 23.2 Å². The number of halogens is 2. The number of carboxylic acid groups (broad SMARTS) is 1. The van der Waals surface area contributed by atoms with E-state index >= 15 is 0 Å². The van der Waals surface area contributed by atoms with Crippen molar-refractivity contribution in [2.75, 3.05) is 0 Å². The van der Waals surface area contributed by atoms with Gasteiger partial charge in [-0.25, -0.2) is 4.79 Å². The molecule has 3 aromatic rings. The molecule has 0 fully saturated rings.